The molecule has 1 amide bonds. The highest BCUT2D eigenvalue weighted by Crippen LogP contribution is 2.12. The molecule has 2 N–H and O–H groups in total. The van der Waals surface area contributed by atoms with Gasteiger partial charge in [0, 0.05) is 6.54 Å². The molecule has 0 aliphatic heterocycles. The van der Waals surface area contributed by atoms with Gasteiger partial charge in [0.1, 0.15) is 5.75 Å². The Balaban J connectivity index is 2.41. The highest BCUT2D eigenvalue weighted by Gasteiger charge is 2.03. The third kappa shape index (κ3) is 5.16. The van der Waals surface area contributed by atoms with Gasteiger partial charge in [0.15, 0.2) is 6.61 Å². The number of ether oxygens (including phenoxy) is 1. The van der Waals surface area contributed by atoms with Crippen molar-refractivity contribution in [3.63, 3.8) is 0 Å². The Morgan fingerprint density at radius 2 is 2.00 bits per heavy atom. The molecule has 0 aliphatic carbocycles. The van der Waals surface area contributed by atoms with E-state index < -0.39 is 5.97 Å². The molecule has 18 heavy (non-hydrogen) atoms. The Labute approximate surface area is 105 Å². The summed E-state index contributed by atoms with van der Waals surface area (Å²) >= 11 is 0. The minimum Gasteiger partial charge on any atom is -0.484 e. The van der Waals surface area contributed by atoms with E-state index in [0.717, 1.165) is 0 Å². The van der Waals surface area contributed by atoms with Gasteiger partial charge in [0.2, 0.25) is 0 Å². The average Bonchev–Trinajstić information content (AvgIpc) is 2.35. The quantitative estimate of drug-likeness (QED) is 0.707. The van der Waals surface area contributed by atoms with Gasteiger partial charge in [0.05, 0.1) is 6.42 Å². The zero-order chi connectivity index (χ0) is 13.4. The van der Waals surface area contributed by atoms with Crippen molar-refractivity contribution in [3.05, 3.63) is 42.5 Å². The fourth-order valence-electron chi connectivity index (χ4n) is 1.26. The van der Waals surface area contributed by atoms with E-state index in [1.807, 2.05) is 0 Å². The van der Waals surface area contributed by atoms with E-state index in [1.165, 1.54) is 0 Å². The number of hydrogen-bond acceptors (Lipinski definition) is 3. The fourth-order valence-corrected chi connectivity index (χ4v) is 1.26. The van der Waals surface area contributed by atoms with E-state index in [0.29, 0.717) is 17.9 Å². The van der Waals surface area contributed by atoms with Crippen molar-refractivity contribution >= 4 is 11.9 Å². The largest absolute Gasteiger partial charge is 0.484 e. The minimum absolute atomic E-state index is 0.0277. The first-order chi connectivity index (χ1) is 8.61. The van der Waals surface area contributed by atoms with Crippen molar-refractivity contribution in [2.45, 2.75) is 6.42 Å². The van der Waals surface area contributed by atoms with E-state index in [1.54, 1.807) is 30.3 Å². The van der Waals surface area contributed by atoms with Crippen molar-refractivity contribution in [2.24, 2.45) is 0 Å². The maximum Gasteiger partial charge on any atom is 0.307 e. The summed E-state index contributed by atoms with van der Waals surface area (Å²) in [4.78, 5) is 21.7. The summed E-state index contributed by atoms with van der Waals surface area (Å²) in [5.41, 5.74) is 0.686. The van der Waals surface area contributed by atoms with Crippen LogP contribution < -0.4 is 10.1 Å². The van der Waals surface area contributed by atoms with Crippen molar-refractivity contribution in [3.8, 4) is 5.75 Å². The number of carbonyl (C=O) groups excluding carboxylic acids is 1. The van der Waals surface area contributed by atoms with Gasteiger partial charge in [-0.3, -0.25) is 9.59 Å². The summed E-state index contributed by atoms with van der Waals surface area (Å²) < 4.78 is 5.23. The van der Waals surface area contributed by atoms with Crippen molar-refractivity contribution in [2.75, 3.05) is 13.2 Å². The summed E-state index contributed by atoms with van der Waals surface area (Å²) in [6.07, 6.45) is 1.55. The molecule has 0 aromatic heterocycles. The molecule has 0 spiro atoms. The number of carbonyl (C=O) groups is 2. The monoisotopic (exact) mass is 249 g/mol. The van der Waals surface area contributed by atoms with Crippen LogP contribution in [0.15, 0.2) is 36.9 Å². The molecule has 0 atom stereocenters. The van der Waals surface area contributed by atoms with Gasteiger partial charge in [-0.15, -0.1) is 6.58 Å². The van der Waals surface area contributed by atoms with E-state index in [2.05, 4.69) is 11.9 Å². The molecule has 1 aromatic carbocycles. The number of rotatable bonds is 7. The molecule has 5 heteroatoms. The molecule has 0 radical (unpaired) electrons. The Morgan fingerprint density at radius 3 is 2.56 bits per heavy atom. The zero-order valence-corrected chi connectivity index (χ0v) is 9.89. The number of benzene rings is 1. The van der Waals surface area contributed by atoms with Gasteiger partial charge in [0.25, 0.3) is 5.91 Å². The molecule has 0 saturated carbocycles. The lowest BCUT2D eigenvalue weighted by Crippen LogP contribution is -2.28. The van der Waals surface area contributed by atoms with Gasteiger partial charge in [-0.2, -0.15) is 0 Å². The summed E-state index contributed by atoms with van der Waals surface area (Å²) in [6, 6.07) is 6.59. The second-order valence-corrected chi connectivity index (χ2v) is 3.60. The molecule has 1 rings (SSSR count). The SMILES string of the molecule is C=CCNC(=O)COc1ccc(CC(=O)O)cc1. The van der Waals surface area contributed by atoms with E-state index in [-0.39, 0.29) is 18.9 Å². The second kappa shape index (κ2) is 7.11. The predicted octanol–water partition coefficient (Wildman–Crippen LogP) is 0.995. The zero-order valence-electron chi connectivity index (χ0n) is 9.89. The van der Waals surface area contributed by atoms with Crippen molar-refractivity contribution < 1.29 is 19.4 Å². The van der Waals surface area contributed by atoms with Gasteiger partial charge < -0.3 is 15.2 Å². The lowest BCUT2D eigenvalue weighted by atomic mass is 10.1. The lowest BCUT2D eigenvalue weighted by molar-refractivity contribution is -0.136. The number of hydrogen-bond donors (Lipinski definition) is 2. The van der Waals surface area contributed by atoms with Crippen LogP contribution in [-0.4, -0.2) is 30.1 Å². The minimum atomic E-state index is -0.882. The Bertz CT molecular complexity index is 425. The van der Waals surface area contributed by atoms with E-state index >= 15 is 0 Å². The van der Waals surface area contributed by atoms with Crippen LogP contribution in [0.5, 0.6) is 5.75 Å². The molecule has 0 fully saturated rings. The highest BCUT2D eigenvalue weighted by molar-refractivity contribution is 5.77. The van der Waals surface area contributed by atoms with Crippen molar-refractivity contribution in [1.82, 2.24) is 5.32 Å². The molecule has 1 aromatic rings. The number of carboxylic acids is 1. The van der Waals surface area contributed by atoms with Gasteiger partial charge in [-0.25, -0.2) is 0 Å². The van der Waals surface area contributed by atoms with Gasteiger partial charge in [-0.05, 0) is 17.7 Å². The topological polar surface area (TPSA) is 75.6 Å². The molecule has 0 heterocycles. The molecule has 96 valence electrons. The van der Waals surface area contributed by atoms with Crippen LogP contribution in [-0.2, 0) is 16.0 Å². The molecule has 0 unspecified atom stereocenters. The van der Waals surface area contributed by atoms with Crippen LogP contribution in [0.1, 0.15) is 5.56 Å². The molecule has 0 bridgehead atoms. The third-order valence-corrected chi connectivity index (χ3v) is 2.09. The second-order valence-electron chi connectivity index (χ2n) is 3.60. The standard InChI is InChI=1S/C13H15NO4/c1-2-7-14-12(15)9-18-11-5-3-10(4-6-11)8-13(16)17/h2-6H,1,7-9H2,(H,14,15)(H,16,17). The molecule has 5 nitrogen and oxygen atoms in total. The van der Waals surface area contributed by atoms with Crippen LogP contribution in [0, 0.1) is 0 Å². The summed E-state index contributed by atoms with van der Waals surface area (Å²) in [5.74, 6) is -0.588. The maximum absolute atomic E-state index is 11.2. The highest BCUT2D eigenvalue weighted by atomic mass is 16.5. The maximum atomic E-state index is 11.2. The van der Waals surface area contributed by atoms with Crippen LogP contribution in [0.2, 0.25) is 0 Å². The third-order valence-electron chi connectivity index (χ3n) is 2.09. The summed E-state index contributed by atoms with van der Waals surface area (Å²) in [5, 5.41) is 11.2. The number of carboxylic acid groups (broad SMARTS) is 1. The van der Waals surface area contributed by atoms with Gasteiger partial charge >= 0.3 is 5.97 Å². The van der Waals surface area contributed by atoms with Gasteiger partial charge in [-0.1, -0.05) is 18.2 Å². The first-order valence-corrected chi connectivity index (χ1v) is 5.43. The Hall–Kier alpha value is -2.30. The number of nitrogens with one attached hydrogen (secondary N) is 1. The van der Waals surface area contributed by atoms with Crippen LogP contribution >= 0.6 is 0 Å². The van der Waals surface area contributed by atoms with Crippen LogP contribution in [0.25, 0.3) is 0 Å². The molecular formula is C13H15NO4. The summed E-state index contributed by atoms with van der Waals surface area (Å²) in [7, 11) is 0. The number of aliphatic carboxylic acids is 1. The lowest BCUT2D eigenvalue weighted by Gasteiger charge is -2.06. The number of amides is 1. The fraction of sp³-hybridized carbons (Fsp3) is 0.231. The van der Waals surface area contributed by atoms with Crippen LogP contribution in [0.3, 0.4) is 0 Å². The van der Waals surface area contributed by atoms with E-state index in [4.69, 9.17) is 9.84 Å². The summed E-state index contributed by atoms with van der Waals surface area (Å²) in [6.45, 7) is 3.81. The predicted molar refractivity (Wildman–Crippen MR) is 66.5 cm³/mol. The smallest absolute Gasteiger partial charge is 0.307 e. The Kier molecular flexibility index (Phi) is 5.44. The van der Waals surface area contributed by atoms with Crippen LogP contribution in [0.4, 0.5) is 0 Å². The van der Waals surface area contributed by atoms with E-state index in [9.17, 15) is 9.59 Å². The van der Waals surface area contributed by atoms with Crippen molar-refractivity contribution in [1.29, 1.82) is 0 Å². The molecule has 0 saturated heterocycles. The molecular weight excluding hydrogens is 234 g/mol. The normalized spacial score (nSPS) is 9.56. The Morgan fingerprint density at radius 1 is 1.33 bits per heavy atom. The first-order valence-electron chi connectivity index (χ1n) is 5.43. The average molecular weight is 249 g/mol. The molecule has 0 aliphatic rings. The first kappa shape index (κ1) is 13.8.